The SMILES string of the molecule is CCCC(=O)N[C@@H](C=O)[C@@H](OCC(=O)NC(C)C(=O)NC(CCC(=O)NC(CCC)C(=O)O)C(N)=O)[C@H](O)[C@H](O)CO. The Morgan fingerprint density at radius 2 is 1.48 bits per heavy atom. The summed E-state index contributed by atoms with van der Waals surface area (Å²) in [6.07, 6.45) is -4.47. The van der Waals surface area contributed by atoms with Crippen LogP contribution in [0.5, 0.6) is 0 Å². The fourth-order valence-corrected chi connectivity index (χ4v) is 3.61. The highest BCUT2D eigenvalue weighted by Crippen LogP contribution is 2.10. The molecule has 0 aliphatic heterocycles. The average molecular weight is 606 g/mol. The second-order valence-corrected chi connectivity index (χ2v) is 9.53. The fourth-order valence-electron chi connectivity index (χ4n) is 3.61. The van der Waals surface area contributed by atoms with Gasteiger partial charge in [0, 0.05) is 12.8 Å². The van der Waals surface area contributed by atoms with Crippen molar-refractivity contribution < 1.29 is 58.7 Å². The van der Waals surface area contributed by atoms with Crippen LogP contribution in [0, 0.1) is 0 Å². The van der Waals surface area contributed by atoms with E-state index in [1.807, 2.05) is 0 Å². The summed E-state index contributed by atoms with van der Waals surface area (Å²) in [6.45, 7) is 2.93. The van der Waals surface area contributed by atoms with E-state index in [-0.39, 0.29) is 32.0 Å². The maximum Gasteiger partial charge on any atom is 0.326 e. The number of amides is 5. The first-order valence-corrected chi connectivity index (χ1v) is 13.5. The lowest BCUT2D eigenvalue weighted by Crippen LogP contribution is -2.56. The maximum atomic E-state index is 12.6. The molecule has 0 heterocycles. The molecule has 0 saturated carbocycles. The number of aliphatic hydroxyl groups is 3. The predicted octanol–water partition coefficient (Wildman–Crippen LogP) is -3.81. The number of carbonyl (C=O) groups is 7. The summed E-state index contributed by atoms with van der Waals surface area (Å²) < 4.78 is 5.28. The van der Waals surface area contributed by atoms with Crippen molar-refractivity contribution in [3.8, 4) is 0 Å². The number of aliphatic carboxylic acids is 1. The molecule has 0 saturated heterocycles. The van der Waals surface area contributed by atoms with Crippen LogP contribution < -0.4 is 27.0 Å². The number of hydrogen-bond donors (Lipinski definition) is 9. The lowest BCUT2D eigenvalue weighted by molar-refractivity contribution is -0.146. The van der Waals surface area contributed by atoms with Crippen molar-refractivity contribution in [3.63, 3.8) is 0 Å². The van der Waals surface area contributed by atoms with Crippen molar-refractivity contribution in [1.29, 1.82) is 0 Å². The zero-order chi connectivity index (χ0) is 32.4. The van der Waals surface area contributed by atoms with E-state index >= 15 is 0 Å². The number of carboxylic acids is 1. The zero-order valence-electron chi connectivity index (χ0n) is 23.9. The van der Waals surface area contributed by atoms with Gasteiger partial charge in [-0.15, -0.1) is 0 Å². The first kappa shape index (κ1) is 38.3. The van der Waals surface area contributed by atoms with Crippen LogP contribution in [-0.4, -0.2) is 118 Å². The van der Waals surface area contributed by atoms with Crippen LogP contribution in [0.2, 0.25) is 0 Å². The Kier molecular flexibility index (Phi) is 18.5. The Labute approximate surface area is 242 Å². The molecule has 42 heavy (non-hydrogen) atoms. The summed E-state index contributed by atoms with van der Waals surface area (Å²) in [5, 5.41) is 47.6. The van der Waals surface area contributed by atoms with Crippen LogP contribution in [0.25, 0.3) is 0 Å². The van der Waals surface area contributed by atoms with Crippen molar-refractivity contribution in [2.75, 3.05) is 13.2 Å². The van der Waals surface area contributed by atoms with Crippen molar-refractivity contribution in [1.82, 2.24) is 21.3 Å². The lowest BCUT2D eigenvalue weighted by atomic mass is 10.0. The summed E-state index contributed by atoms with van der Waals surface area (Å²) >= 11 is 0. The smallest absolute Gasteiger partial charge is 0.326 e. The molecule has 5 amide bonds. The summed E-state index contributed by atoms with van der Waals surface area (Å²) in [6, 6.07) is -5.19. The van der Waals surface area contributed by atoms with E-state index in [0.717, 1.165) is 0 Å². The molecule has 17 heteroatoms. The van der Waals surface area contributed by atoms with Crippen molar-refractivity contribution in [2.45, 2.75) is 102 Å². The molecule has 0 radical (unpaired) electrons. The second kappa shape index (κ2) is 20.2. The average Bonchev–Trinajstić information content (AvgIpc) is 2.93. The third kappa shape index (κ3) is 14.3. The molecule has 0 aromatic rings. The molecule has 0 bridgehead atoms. The van der Waals surface area contributed by atoms with Crippen molar-refractivity contribution >= 4 is 41.8 Å². The molecule has 7 atom stereocenters. The van der Waals surface area contributed by atoms with Gasteiger partial charge in [-0.1, -0.05) is 20.3 Å². The highest BCUT2D eigenvalue weighted by atomic mass is 16.5. The molecule has 0 aliphatic carbocycles. The van der Waals surface area contributed by atoms with Gasteiger partial charge in [0.05, 0.1) is 6.61 Å². The Morgan fingerprint density at radius 1 is 0.857 bits per heavy atom. The highest BCUT2D eigenvalue weighted by Gasteiger charge is 2.35. The lowest BCUT2D eigenvalue weighted by Gasteiger charge is -2.30. The van der Waals surface area contributed by atoms with Crippen molar-refractivity contribution in [2.24, 2.45) is 5.73 Å². The van der Waals surface area contributed by atoms with Gasteiger partial charge in [0.2, 0.25) is 29.5 Å². The van der Waals surface area contributed by atoms with Crippen LogP contribution in [0.3, 0.4) is 0 Å². The van der Waals surface area contributed by atoms with Crippen LogP contribution in [0.15, 0.2) is 0 Å². The molecule has 0 fully saturated rings. The van der Waals surface area contributed by atoms with E-state index < -0.39 is 91.2 Å². The van der Waals surface area contributed by atoms with Gasteiger partial charge in [0.1, 0.15) is 55.4 Å². The fraction of sp³-hybridized carbons (Fsp3) is 0.720. The molecule has 10 N–H and O–H groups in total. The van der Waals surface area contributed by atoms with Crippen molar-refractivity contribution in [3.05, 3.63) is 0 Å². The van der Waals surface area contributed by atoms with Crippen LogP contribution >= 0.6 is 0 Å². The summed E-state index contributed by atoms with van der Waals surface area (Å²) in [5.74, 6) is -5.22. The Hall–Kier alpha value is -3.67. The van der Waals surface area contributed by atoms with Gasteiger partial charge in [-0.2, -0.15) is 0 Å². The number of rotatable bonds is 22. The minimum atomic E-state index is -1.89. The summed E-state index contributed by atoms with van der Waals surface area (Å²) in [4.78, 5) is 83.6. The molecule has 240 valence electrons. The molecule has 0 aromatic heterocycles. The van der Waals surface area contributed by atoms with E-state index in [1.54, 1.807) is 13.8 Å². The molecule has 0 aliphatic rings. The Bertz CT molecular complexity index is 933. The number of carbonyl (C=O) groups excluding carboxylic acids is 6. The number of nitrogens with one attached hydrogen (secondary N) is 4. The molecule has 0 rings (SSSR count). The van der Waals surface area contributed by atoms with Crippen LogP contribution in [0.4, 0.5) is 0 Å². The van der Waals surface area contributed by atoms with Gasteiger partial charge >= 0.3 is 5.97 Å². The third-order valence-electron chi connectivity index (χ3n) is 5.93. The van der Waals surface area contributed by atoms with Gasteiger partial charge in [-0.25, -0.2) is 4.79 Å². The highest BCUT2D eigenvalue weighted by molar-refractivity contribution is 5.92. The largest absolute Gasteiger partial charge is 0.480 e. The standard InChI is InChI=1S/C25H43N5O12/c1-4-6-15(25(40)41)28-19(35)9-8-14(23(26)38)30-24(39)13(3)27-20(36)12-42-22(21(37)17(33)11-32)16(10-31)29-18(34)7-5-2/h10,13-17,21-22,32-33,37H,4-9,11-12H2,1-3H3,(H2,26,38)(H,27,36)(H,28,35)(H,29,34)(H,30,39)(H,40,41)/t13?,14?,15?,16-,17+,21+,22+/m0/s1. The Morgan fingerprint density at radius 3 is 1.98 bits per heavy atom. The number of aldehydes is 1. The number of carboxylic acid groups (broad SMARTS) is 1. The number of primary amides is 1. The van der Waals surface area contributed by atoms with Gasteiger partial charge in [0.25, 0.3) is 0 Å². The topological polar surface area (TPSA) is 284 Å². The van der Waals surface area contributed by atoms with E-state index in [2.05, 4.69) is 21.3 Å². The summed E-state index contributed by atoms with van der Waals surface area (Å²) in [7, 11) is 0. The normalized spacial score (nSPS) is 16.0. The Balaban J connectivity index is 5.17. The monoisotopic (exact) mass is 605 g/mol. The number of nitrogens with two attached hydrogens (primary N) is 1. The number of hydrogen-bond acceptors (Lipinski definition) is 11. The molecular formula is C25H43N5O12. The quantitative estimate of drug-likeness (QED) is 0.0537. The van der Waals surface area contributed by atoms with E-state index in [0.29, 0.717) is 12.8 Å². The van der Waals surface area contributed by atoms with Crippen LogP contribution in [-0.2, 0) is 38.3 Å². The summed E-state index contributed by atoms with van der Waals surface area (Å²) in [5.41, 5.74) is 5.30. The first-order chi connectivity index (χ1) is 19.7. The number of ether oxygens (including phenoxy) is 1. The zero-order valence-corrected chi connectivity index (χ0v) is 23.9. The number of aliphatic hydroxyl groups excluding tert-OH is 3. The molecule has 17 nitrogen and oxygen atoms in total. The van der Waals surface area contributed by atoms with Gasteiger partial charge in [-0.3, -0.25) is 24.0 Å². The predicted molar refractivity (Wildman–Crippen MR) is 144 cm³/mol. The molecular weight excluding hydrogens is 562 g/mol. The van der Waals surface area contributed by atoms with Gasteiger partial charge in [-0.05, 0) is 26.2 Å². The van der Waals surface area contributed by atoms with Gasteiger partial charge in [0.15, 0.2) is 0 Å². The van der Waals surface area contributed by atoms with E-state index in [4.69, 9.17) is 20.7 Å². The second-order valence-electron chi connectivity index (χ2n) is 9.53. The van der Waals surface area contributed by atoms with E-state index in [1.165, 1.54) is 6.92 Å². The first-order valence-electron chi connectivity index (χ1n) is 13.5. The minimum Gasteiger partial charge on any atom is -0.480 e. The molecule has 0 aromatic carbocycles. The van der Waals surface area contributed by atoms with Crippen LogP contribution in [0.1, 0.15) is 59.3 Å². The minimum absolute atomic E-state index is 0.0432. The third-order valence-corrected chi connectivity index (χ3v) is 5.93. The molecule has 0 spiro atoms. The molecule has 3 unspecified atom stereocenters. The maximum absolute atomic E-state index is 12.6. The van der Waals surface area contributed by atoms with E-state index in [9.17, 15) is 43.8 Å². The van der Waals surface area contributed by atoms with Gasteiger partial charge < -0.3 is 57.0 Å².